The highest BCUT2D eigenvalue weighted by molar-refractivity contribution is 5.80. The number of benzene rings is 1. The summed E-state index contributed by atoms with van der Waals surface area (Å²) in [5.74, 6) is -0.673. The molecule has 0 spiro atoms. The van der Waals surface area contributed by atoms with Crippen molar-refractivity contribution < 1.29 is 23.8 Å². The Morgan fingerprint density at radius 2 is 1.77 bits per heavy atom. The van der Waals surface area contributed by atoms with Gasteiger partial charge in [0.15, 0.2) is 0 Å². The maximum absolute atomic E-state index is 12.4. The summed E-state index contributed by atoms with van der Waals surface area (Å²) in [6, 6.07) is 7.60. The highest BCUT2D eigenvalue weighted by Crippen LogP contribution is 2.38. The van der Waals surface area contributed by atoms with E-state index in [-0.39, 0.29) is 25.2 Å². The van der Waals surface area contributed by atoms with Crippen molar-refractivity contribution in [2.45, 2.75) is 40.5 Å². The predicted octanol–water partition coefficient (Wildman–Crippen LogP) is 2.40. The average molecular weight is 362 g/mol. The molecule has 0 radical (unpaired) electrons. The van der Waals surface area contributed by atoms with Gasteiger partial charge in [0.1, 0.15) is 13.2 Å². The molecule has 0 N–H and O–H groups in total. The molecular weight excluding hydrogens is 332 g/mol. The van der Waals surface area contributed by atoms with E-state index >= 15 is 0 Å². The summed E-state index contributed by atoms with van der Waals surface area (Å²) in [7, 11) is 1.36. The van der Waals surface area contributed by atoms with Crippen LogP contribution in [0.15, 0.2) is 24.3 Å². The first-order chi connectivity index (χ1) is 12.2. The number of ether oxygens (including phenoxy) is 3. The molecular formula is C21H30O5. The van der Waals surface area contributed by atoms with Crippen molar-refractivity contribution in [3.63, 3.8) is 0 Å². The van der Waals surface area contributed by atoms with Crippen molar-refractivity contribution in [2.24, 2.45) is 10.8 Å². The molecule has 5 nitrogen and oxygen atoms in total. The highest BCUT2D eigenvalue weighted by Gasteiger charge is 2.42. The van der Waals surface area contributed by atoms with Gasteiger partial charge in [-0.2, -0.15) is 0 Å². The van der Waals surface area contributed by atoms with Crippen LogP contribution in [0.3, 0.4) is 0 Å². The molecule has 1 atom stereocenters. The van der Waals surface area contributed by atoms with E-state index < -0.39 is 10.8 Å². The molecule has 0 saturated heterocycles. The van der Waals surface area contributed by atoms with E-state index in [1.165, 1.54) is 7.11 Å². The molecule has 5 heteroatoms. The van der Waals surface area contributed by atoms with Crippen molar-refractivity contribution in [2.75, 3.05) is 20.3 Å². The molecule has 0 aliphatic carbocycles. The fourth-order valence-corrected chi connectivity index (χ4v) is 2.81. The fraction of sp³-hybridized carbons (Fsp3) is 0.524. The van der Waals surface area contributed by atoms with Crippen LogP contribution in [-0.2, 0) is 23.8 Å². The Labute approximate surface area is 155 Å². The minimum Gasteiger partial charge on any atom is -0.497 e. The Kier molecular flexibility index (Phi) is 7.87. The molecule has 1 aromatic rings. The summed E-state index contributed by atoms with van der Waals surface area (Å²) in [5.41, 5.74) is -1.53. The monoisotopic (exact) mass is 362 g/mol. The van der Waals surface area contributed by atoms with Gasteiger partial charge in [0.05, 0.1) is 24.2 Å². The topological polar surface area (TPSA) is 61.8 Å². The van der Waals surface area contributed by atoms with Crippen LogP contribution in [0.5, 0.6) is 0 Å². The van der Waals surface area contributed by atoms with Gasteiger partial charge in [-0.15, -0.1) is 0 Å². The average Bonchev–Trinajstić information content (AvgIpc) is 2.61. The molecule has 144 valence electrons. The van der Waals surface area contributed by atoms with E-state index in [1.54, 1.807) is 20.1 Å². The van der Waals surface area contributed by atoms with Crippen LogP contribution in [0, 0.1) is 10.8 Å². The third-order valence-electron chi connectivity index (χ3n) is 4.54. The molecule has 0 aromatic heterocycles. The molecule has 1 rings (SSSR count). The standard InChI is InChI=1S/C21H30O5/c1-7-21(5,19(23)24-6)15-20(3,4)18(22)26-13-12-25-14-17-11-9-8-10-16(17)2/h8-11,14H,2,7,12-13,15H2,1,3-6H3/b17-14+. The van der Waals surface area contributed by atoms with Crippen molar-refractivity contribution in [1.82, 2.24) is 0 Å². The molecule has 0 bridgehead atoms. The lowest BCUT2D eigenvalue weighted by Gasteiger charge is -2.33. The summed E-state index contributed by atoms with van der Waals surface area (Å²) in [4.78, 5) is 24.4. The SMILES string of the molecule is C=c1cccc/c1=C\OCCOC(=O)C(C)(C)CC(C)(CC)C(=O)OC. The zero-order valence-electron chi connectivity index (χ0n) is 16.5. The molecule has 0 saturated carbocycles. The first-order valence-corrected chi connectivity index (χ1v) is 8.78. The number of methoxy groups -OCH3 is 1. The summed E-state index contributed by atoms with van der Waals surface area (Å²) in [5, 5.41) is 1.75. The van der Waals surface area contributed by atoms with Gasteiger partial charge in [-0.3, -0.25) is 9.59 Å². The number of carbonyl (C=O) groups excluding carboxylic acids is 2. The number of carbonyl (C=O) groups is 2. The summed E-state index contributed by atoms with van der Waals surface area (Å²) < 4.78 is 15.6. The number of rotatable bonds is 9. The molecule has 0 fully saturated rings. The number of esters is 2. The van der Waals surface area contributed by atoms with Crippen molar-refractivity contribution >= 4 is 24.8 Å². The van der Waals surface area contributed by atoms with Crippen molar-refractivity contribution in [3.05, 3.63) is 34.7 Å². The Hall–Kier alpha value is -2.30. The first-order valence-electron chi connectivity index (χ1n) is 8.78. The van der Waals surface area contributed by atoms with Gasteiger partial charge < -0.3 is 14.2 Å². The second kappa shape index (κ2) is 9.41. The Morgan fingerprint density at radius 3 is 2.35 bits per heavy atom. The smallest absolute Gasteiger partial charge is 0.311 e. The third kappa shape index (κ3) is 5.90. The molecule has 1 aromatic carbocycles. The van der Waals surface area contributed by atoms with Crippen LogP contribution in [0.25, 0.3) is 12.8 Å². The first kappa shape index (κ1) is 21.7. The lowest BCUT2D eigenvalue weighted by molar-refractivity contribution is -0.162. The maximum Gasteiger partial charge on any atom is 0.311 e. The molecule has 0 aliphatic heterocycles. The zero-order valence-corrected chi connectivity index (χ0v) is 16.5. The number of hydrogen-bond acceptors (Lipinski definition) is 5. The predicted molar refractivity (Wildman–Crippen MR) is 101 cm³/mol. The normalized spacial score (nSPS) is 14.4. The van der Waals surface area contributed by atoms with Crippen LogP contribution < -0.4 is 10.4 Å². The lowest BCUT2D eigenvalue weighted by atomic mass is 9.72. The van der Waals surface area contributed by atoms with E-state index in [0.29, 0.717) is 12.8 Å². The fourth-order valence-electron chi connectivity index (χ4n) is 2.81. The summed E-state index contributed by atoms with van der Waals surface area (Å²) in [6.45, 7) is 11.6. The van der Waals surface area contributed by atoms with Gasteiger partial charge in [-0.25, -0.2) is 0 Å². The highest BCUT2D eigenvalue weighted by atomic mass is 16.6. The van der Waals surface area contributed by atoms with Gasteiger partial charge in [-0.1, -0.05) is 37.8 Å². The van der Waals surface area contributed by atoms with Crippen LogP contribution in [0.4, 0.5) is 0 Å². The van der Waals surface area contributed by atoms with Crippen molar-refractivity contribution in [1.29, 1.82) is 0 Å². The molecule has 1 unspecified atom stereocenters. The minimum atomic E-state index is -0.803. The van der Waals surface area contributed by atoms with Crippen molar-refractivity contribution in [3.8, 4) is 0 Å². The van der Waals surface area contributed by atoms with Crippen LogP contribution in [0.2, 0.25) is 0 Å². The van der Waals surface area contributed by atoms with E-state index in [9.17, 15) is 9.59 Å². The van der Waals surface area contributed by atoms with Gasteiger partial charge in [0.2, 0.25) is 0 Å². The lowest BCUT2D eigenvalue weighted by Crippen LogP contribution is -2.38. The second-order valence-electron chi connectivity index (χ2n) is 7.29. The van der Waals surface area contributed by atoms with E-state index in [1.807, 2.05) is 38.1 Å². The van der Waals surface area contributed by atoms with Gasteiger partial charge in [-0.05, 0) is 38.8 Å². The largest absolute Gasteiger partial charge is 0.497 e. The van der Waals surface area contributed by atoms with E-state index in [2.05, 4.69) is 6.58 Å². The van der Waals surface area contributed by atoms with Gasteiger partial charge in [0.25, 0.3) is 0 Å². The molecule has 0 amide bonds. The van der Waals surface area contributed by atoms with Crippen LogP contribution >= 0.6 is 0 Å². The Balaban J connectivity index is 2.56. The number of hydrogen-bond donors (Lipinski definition) is 0. The van der Waals surface area contributed by atoms with E-state index in [4.69, 9.17) is 14.2 Å². The quantitative estimate of drug-likeness (QED) is 0.499. The Morgan fingerprint density at radius 1 is 1.12 bits per heavy atom. The Bertz CT molecular complexity index is 722. The second-order valence-corrected chi connectivity index (χ2v) is 7.29. The molecule has 0 aliphatic rings. The maximum atomic E-state index is 12.4. The van der Waals surface area contributed by atoms with Gasteiger partial charge in [0, 0.05) is 5.22 Å². The minimum absolute atomic E-state index is 0.138. The van der Waals surface area contributed by atoms with Crippen LogP contribution in [-0.4, -0.2) is 32.3 Å². The molecule has 0 heterocycles. The van der Waals surface area contributed by atoms with E-state index in [0.717, 1.165) is 10.4 Å². The van der Waals surface area contributed by atoms with Gasteiger partial charge >= 0.3 is 11.9 Å². The third-order valence-corrected chi connectivity index (χ3v) is 4.54. The molecule has 26 heavy (non-hydrogen) atoms. The zero-order chi connectivity index (χ0) is 19.8. The summed E-state index contributed by atoms with van der Waals surface area (Å²) in [6.07, 6.45) is 2.54. The summed E-state index contributed by atoms with van der Waals surface area (Å²) >= 11 is 0. The van der Waals surface area contributed by atoms with Crippen LogP contribution in [0.1, 0.15) is 40.5 Å².